The van der Waals surface area contributed by atoms with E-state index < -0.39 is 21.5 Å². The van der Waals surface area contributed by atoms with Gasteiger partial charge in [0.15, 0.2) is 5.78 Å². The van der Waals surface area contributed by atoms with Crippen molar-refractivity contribution in [3.8, 4) is 0 Å². The molecule has 27 heavy (non-hydrogen) atoms. The van der Waals surface area contributed by atoms with E-state index in [0.29, 0.717) is 13.0 Å². The molecule has 0 radical (unpaired) electrons. The van der Waals surface area contributed by atoms with Crippen molar-refractivity contribution in [1.82, 2.24) is 4.31 Å². The number of sulfonamides is 1. The third kappa shape index (κ3) is 3.27. The van der Waals surface area contributed by atoms with Crippen LogP contribution in [0.5, 0.6) is 0 Å². The van der Waals surface area contributed by atoms with Gasteiger partial charge in [0.1, 0.15) is 6.29 Å². The van der Waals surface area contributed by atoms with Crippen LogP contribution in [0.1, 0.15) is 45.6 Å². The lowest BCUT2D eigenvalue weighted by Gasteiger charge is -2.36. The van der Waals surface area contributed by atoms with Gasteiger partial charge in [-0.3, -0.25) is 4.79 Å². The number of benzene rings is 1. The second kappa shape index (κ2) is 7.13. The van der Waals surface area contributed by atoms with Crippen LogP contribution in [0.4, 0.5) is 0 Å². The third-order valence-electron chi connectivity index (χ3n) is 6.49. The summed E-state index contributed by atoms with van der Waals surface area (Å²) in [7, 11) is -3.80. The summed E-state index contributed by atoms with van der Waals surface area (Å²) >= 11 is 0. The molecular weight excluding hydrogens is 362 g/mol. The molecule has 6 heteroatoms. The minimum atomic E-state index is -3.80. The molecule has 1 aliphatic carbocycles. The van der Waals surface area contributed by atoms with Crippen molar-refractivity contribution < 1.29 is 18.0 Å². The molecule has 0 spiro atoms. The summed E-state index contributed by atoms with van der Waals surface area (Å²) in [5.41, 5.74) is 0.360. The van der Waals surface area contributed by atoms with Gasteiger partial charge in [-0.2, -0.15) is 4.31 Å². The Balaban J connectivity index is 2.07. The molecule has 1 heterocycles. The summed E-state index contributed by atoms with van der Waals surface area (Å²) in [6, 6.07) is 5.97. The van der Waals surface area contributed by atoms with Crippen LogP contribution in [0.2, 0.25) is 0 Å². The zero-order chi connectivity index (χ0) is 20.0. The Bertz CT molecular complexity index is 830. The van der Waals surface area contributed by atoms with E-state index in [1.807, 2.05) is 27.7 Å². The Morgan fingerprint density at radius 2 is 1.89 bits per heavy atom. The van der Waals surface area contributed by atoms with Crippen LogP contribution in [0, 0.1) is 30.1 Å². The molecule has 2 aliphatic rings. The van der Waals surface area contributed by atoms with Gasteiger partial charge < -0.3 is 4.79 Å². The normalized spacial score (nSPS) is 31.2. The highest BCUT2D eigenvalue weighted by Crippen LogP contribution is 2.56. The topological polar surface area (TPSA) is 71.5 Å². The standard InChI is InChI=1S/C21H29NO4S/c1-14(2)11-19(24)20-21(4)16(7-8-17(21)13-23)12-22(20)27(25,26)18-9-5-15(3)6-10-18/h5-6,9-10,13-14,16-17,20H,7-8,11-12H2,1-4H3/t16?,17-,20-,21?/m0/s1. The highest BCUT2D eigenvalue weighted by molar-refractivity contribution is 7.89. The number of aldehydes is 1. The number of aryl methyl sites for hydroxylation is 1. The van der Waals surface area contributed by atoms with E-state index in [1.165, 1.54) is 4.31 Å². The number of ketones is 1. The molecule has 5 nitrogen and oxygen atoms in total. The second-order valence-electron chi connectivity index (χ2n) is 8.74. The summed E-state index contributed by atoms with van der Waals surface area (Å²) in [5, 5.41) is 0. The predicted molar refractivity (Wildman–Crippen MR) is 104 cm³/mol. The van der Waals surface area contributed by atoms with Gasteiger partial charge in [0.05, 0.1) is 10.9 Å². The summed E-state index contributed by atoms with van der Waals surface area (Å²) in [4.78, 5) is 25.1. The molecule has 1 aromatic rings. The van der Waals surface area contributed by atoms with Crippen LogP contribution in [-0.2, 0) is 19.6 Å². The van der Waals surface area contributed by atoms with Crippen molar-refractivity contribution in [3.63, 3.8) is 0 Å². The first-order valence-electron chi connectivity index (χ1n) is 9.68. The van der Waals surface area contributed by atoms with E-state index in [-0.39, 0.29) is 28.4 Å². The van der Waals surface area contributed by atoms with Gasteiger partial charge in [0.2, 0.25) is 10.0 Å². The van der Waals surface area contributed by atoms with Crippen LogP contribution < -0.4 is 0 Å². The van der Waals surface area contributed by atoms with Crippen molar-refractivity contribution in [2.24, 2.45) is 23.2 Å². The number of Topliss-reactive ketones (excluding diaryl/α,β-unsaturated/α-hetero) is 1. The minimum Gasteiger partial charge on any atom is -0.303 e. The van der Waals surface area contributed by atoms with Crippen LogP contribution in [0.3, 0.4) is 0 Å². The summed E-state index contributed by atoms with van der Waals surface area (Å²) < 4.78 is 28.2. The Kier molecular flexibility index (Phi) is 5.34. The molecule has 2 fully saturated rings. The second-order valence-corrected chi connectivity index (χ2v) is 10.6. The molecule has 4 atom stereocenters. The zero-order valence-corrected chi connectivity index (χ0v) is 17.3. The molecular formula is C21H29NO4S. The summed E-state index contributed by atoms with van der Waals surface area (Å²) in [6.07, 6.45) is 2.76. The number of hydrogen-bond acceptors (Lipinski definition) is 4. The lowest BCUT2D eigenvalue weighted by atomic mass is 9.69. The fraction of sp³-hybridized carbons (Fsp3) is 0.619. The van der Waals surface area contributed by atoms with E-state index in [0.717, 1.165) is 24.7 Å². The zero-order valence-electron chi connectivity index (χ0n) is 16.5. The lowest BCUT2D eigenvalue weighted by Crippen LogP contribution is -2.50. The molecule has 1 saturated carbocycles. The number of carbonyl (C=O) groups is 2. The van der Waals surface area contributed by atoms with E-state index in [9.17, 15) is 18.0 Å². The fourth-order valence-corrected chi connectivity index (χ4v) is 6.72. The maximum Gasteiger partial charge on any atom is 0.243 e. The molecule has 1 aromatic carbocycles. The number of hydrogen-bond donors (Lipinski definition) is 0. The number of rotatable bonds is 6. The maximum atomic E-state index is 13.4. The van der Waals surface area contributed by atoms with E-state index >= 15 is 0 Å². The summed E-state index contributed by atoms with van der Waals surface area (Å²) in [5.74, 6) is -0.171. The van der Waals surface area contributed by atoms with Crippen molar-refractivity contribution >= 4 is 22.1 Å². The van der Waals surface area contributed by atoms with E-state index in [4.69, 9.17) is 0 Å². The molecule has 0 N–H and O–H groups in total. The Morgan fingerprint density at radius 1 is 1.26 bits per heavy atom. The van der Waals surface area contributed by atoms with Crippen molar-refractivity contribution in [2.45, 2.75) is 57.9 Å². The molecule has 1 saturated heterocycles. The molecule has 1 aliphatic heterocycles. The molecule has 148 valence electrons. The van der Waals surface area contributed by atoms with Crippen molar-refractivity contribution in [1.29, 1.82) is 0 Å². The highest BCUT2D eigenvalue weighted by atomic mass is 32.2. The monoisotopic (exact) mass is 391 g/mol. The van der Waals surface area contributed by atoms with Crippen LogP contribution in [0.25, 0.3) is 0 Å². The van der Waals surface area contributed by atoms with Crippen LogP contribution >= 0.6 is 0 Å². The summed E-state index contributed by atoms with van der Waals surface area (Å²) in [6.45, 7) is 8.07. The maximum absolute atomic E-state index is 13.4. The molecule has 0 bridgehead atoms. The van der Waals surface area contributed by atoms with Crippen molar-refractivity contribution in [3.05, 3.63) is 29.8 Å². The first kappa shape index (κ1) is 20.2. The molecule has 0 amide bonds. The predicted octanol–water partition coefficient (Wildman–Crippen LogP) is 3.21. The highest BCUT2D eigenvalue weighted by Gasteiger charge is 2.62. The molecule has 2 unspecified atom stereocenters. The number of fused-ring (bicyclic) bond motifs is 1. The Hall–Kier alpha value is -1.53. The first-order chi connectivity index (χ1) is 12.6. The van der Waals surface area contributed by atoms with Crippen molar-refractivity contribution in [2.75, 3.05) is 6.54 Å². The van der Waals surface area contributed by atoms with Gasteiger partial charge >= 0.3 is 0 Å². The largest absolute Gasteiger partial charge is 0.303 e. The van der Waals surface area contributed by atoms with Gasteiger partial charge in [0.25, 0.3) is 0 Å². The quantitative estimate of drug-likeness (QED) is 0.698. The minimum absolute atomic E-state index is 0.0361. The molecule has 3 rings (SSSR count). The fourth-order valence-electron chi connectivity index (χ4n) is 4.97. The molecule has 0 aromatic heterocycles. The van der Waals surface area contributed by atoms with Gasteiger partial charge in [0, 0.05) is 24.3 Å². The van der Waals surface area contributed by atoms with Gasteiger partial charge in [-0.1, -0.05) is 38.5 Å². The van der Waals surface area contributed by atoms with Gasteiger partial charge in [-0.25, -0.2) is 8.42 Å². The van der Waals surface area contributed by atoms with Crippen LogP contribution in [0.15, 0.2) is 29.2 Å². The lowest BCUT2D eigenvalue weighted by molar-refractivity contribution is -0.127. The average Bonchev–Trinajstić information content (AvgIpc) is 3.05. The Morgan fingerprint density at radius 3 is 2.44 bits per heavy atom. The average molecular weight is 392 g/mol. The SMILES string of the molecule is Cc1ccc(S(=O)(=O)N2CC3CC[C@@H](C=O)C3(C)[C@@H]2C(=O)CC(C)C)cc1. The van der Waals surface area contributed by atoms with Crippen LogP contribution in [-0.4, -0.2) is 37.4 Å². The number of carbonyl (C=O) groups excluding carboxylic acids is 2. The third-order valence-corrected chi connectivity index (χ3v) is 8.33. The first-order valence-corrected chi connectivity index (χ1v) is 11.1. The smallest absolute Gasteiger partial charge is 0.243 e. The number of nitrogens with zero attached hydrogens (tertiary/aromatic N) is 1. The Labute approximate surface area is 162 Å². The van der Waals surface area contributed by atoms with E-state index in [1.54, 1.807) is 24.3 Å². The van der Waals surface area contributed by atoms with E-state index in [2.05, 4.69) is 0 Å². The van der Waals surface area contributed by atoms with Gasteiger partial charge in [-0.15, -0.1) is 0 Å². The van der Waals surface area contributed by atoms with Gasteiger partial charge in [-0.05, 0) is 43.7 Å².